The summed E-state index contributed by atoms with van der Waals surface area (Å²) in [4.78, 5) is 18.4. The normalized spacial score (nSPS) is 12.7. The molecule has 1 aliphatic rings. The number of aromatic nitrogens is 2. The lowest BCUT2D eigenvalue weighted by Crippen LogP contribution is -2.20. The Labute approximate surface area is 203 Å². The Bertz CT molecular complexity index is 1500. The molecular formula is C28H27N3O4. The molecule has 3 aromatic carbocycles. The van der Waals surface area contributed by atoms with Crippen LogP contribution in [0.5, 0.6) is 17.2 Å². The molecule has 0 atom stereocenters. The van der Waals surface area contributed by atoms with E-state index in [1.165, 1.54) is 4.68 Å². The highest BCUT2D eigenvalue weighted by Crippen LogP contribution is 2.35. The maximum atomic E-state index is 13.6. The predicted molar refractivity (Wildman–Crippen MR) is 137 cm³/mol. The Hall–Kier alpha value is -4.13. The van der Waals surface area contributed by atoms with Gasteiger partial charge in [-0.25, -0.2) is 4.98 Å². The van der Waals surface area contributed by atoms with Gasteiger partial charge in [0.25, 0.3) is 5.56 Å². The molecule has 4 aromatic rings. The largest absolute Gasteiger partial charge is 0.494 e. The zero-order valence-corrected chi connectivity index (χ0v) is 20.2. The maximum Gasteiger partial charge on any atom is 0.282 e. The number of para-hydroxylation sites is 1. The van der Waals surface area contributed by atoms with Crippen molar-refractivity contribution in [3.8, 4) is 28.6 Å². The Kier molecular flexibility index (Phi) is 5.99. The number of ether oxygens (including phenoxy) is 3. The maximum absolute atomic E-state index is 13.6. The molecule has 1 aromatic heterocycles. The van der Waals surface area contributed by atoms with Crippen LogP contribution >= 0.6 is 0 Å². The molecule has 1 aliphatic heterocycles. The van der Waals surface area contributed by atoms with E-state index in [0.29, 0.717) is 34.8 Å². The molecule has 0 saturated carbocycles. The van der Waals surface area contributed by atoms with Gasteiger partial charge in [0.05, 0.1) is 23.7 Å². The van der Waals surface area contributed by atoms with Crippen molar-refractivity contribution in [3.63, 3.8) is 0 Å². The first kappa shape index (κ1) is 22.7. The fourth-order valence-electron chi connectivity index (χ4n) is 4.19. The molecular weight excluding hydrogens is 442 g/mol. The molecule has 0 saturated heterocycles. The van der Waals surface area contributed by atoms with E-state index in [1.807, 2.05) is 56.3 Å². The summed E-state index contributed by atoms with van der Waals surface area (Å²) in [5.41, 5.74) is 4.02. The van der Waals surface area contributed by atoms with Crippen molar-refractivity contribution in [2.45, 2.75) is 33.6 Å². The summed E-state index contributed by atoms with van der Waals surface area (Å²) in [5, 5.41) is 5.10. The van der Waals surface area contributed by atoms with Crippen molar-refractivity contribution >= 4 is 17.1 Å². The van der Waals surface area contributed by atoms with Gasteiger partial charge in [-0.3, -0.25) is 4.79 Å². The number of rotatable bonds is 6. The lowest BCUT2D eigenvalue weighted by Gasteiger charge is -2.18. The van der Waals surface area contributed by atoms with Gasteiger partial charge in [-0.15, -0.1) is 0 Å². The van der Waals surface area contributed by atoms with E-state index in [4.69, 9.17) is 19.2 Å². The van der Waals surface area contributed by atoms with E-state index >= 15 is 0 Å². The number of hydrogen-bond acceptors (Lipinski definition) is 6. The summed E-state index contributed by atoms with van der Waals surface area (Å²) in [6.45, 7) is 8.99. The van der Waals surface area contributed by atoms with Crippen molar-refractivity contribution in [1.82, 2.24) is 9.66 Å². The summed E-state index contributed by atoms with van der Waals surface area (Å²) in [7, 11) is 0. The van der Waals surface area contributed by atoms with Crippen molar-refractivity contribution in [2.24, 2.45) is 5.10 Å². The van der Waals surface area contributed by atoms with E-state index < -0.39 is 0 Å². The van der Waals surface area contributed by atoms with E-state index in [-0.39, 0.29) is 18.3 Å². The van der Waals surface area contributed by atoms with Crippen LogP contribution in [0.25, 0.3) is 22.3 Å². The summed E-state index contributed by atoms with van der Waals surface area (Å²) in [6, 6.07) is 16.9. The molecule has 0 N–H and O–H groups in total. The molecule has 7 nitrogen and oxygen atoms in total. The van der Waals surface area contributed by atoms with Gasteiger partial charge in [0.2, 0.25) is 6.79 Å². The summed E-state index contributed by atoms with van der Waals surface area (Å²) in [6.07, 6.45) is 1.64. The van der Waals surface area contributed by atoms with Crippen LogP contribution in [0.2, 0.25) is 0 Å². The topological polar surface area (TPSA) is 74.9 Å². The SMILES string of the molecule is CCOc1cc(C)c(-c2nc3ccccc3c(=O)n2N=Cc2ccc3c(c2)OCO3)cc1C(C)C. The second kappa shape index (κ2) is 9.25. The highest BCUT2D eigenvalue weighted by atomic mass is 16.7. The molecule has 0 fully saturated rings. The number of fused-ring (bicyclic) bond motifs is 2. The number of hydrogen-bond donors (Lipinski definition) is 0. The first-order valence-corrected chi connectivity index (χ1v) is 11.7. The fourth-order valence-corrected chi connectivity index (χ4v) is 4.19. The fraction of sp³-hybridized carbons (Fsp3) is 0.250. The van der Waals surface area contributed by atoms with Gasteiger partial charge in [0, 0.05) is 5.56 Å². The molecule has 178 valence electrons. The zero-order valence-electron chi connectivity index (χ0n) is 20.2. The monoisotopic (exact) mass is 469 g/mol. The molecule has 0 bridgehead atoms. The van der Waals surface area contributed by atoms with Gasteiger partial charge in [0.15, 0.2) is 17.3 Å². The van der Waals surface area contributed by atoms with Crippen molar-refractivity contribution in [3.05, 3.63) is 81.6 Å². The lowest BCUT2D eigenvalue weighted by molar-refractivity contribution is 0.174. The Balaban J connectivity index is 1.70. The van der Waals surface area contributed by atoms with Crippen LogP contribution < -0.4 is 19.8 Å². The molecule has 0 aliphatic carbocycles. The molecule has 0 amide bonds. The molecule has 2 heterocycles. The van der Waals surface area contributed by atoms with E-state index in [1.54, 1.807) is 12.3 Å². The quantitative estimate of drug-likeness (QED) is 0.348. The zero-order chi connectivity index (χ0) is 24.5. The van der Waals surface area contributed by atoms with Gasteiger partial charge >= 0.3 is 0 Å². The van der Waals surface area contributed by atoms with Crippen LogP contribution in [0.15, 0.2) is 64.5 Å². The van der Waals surface area contributed by atoms with Crippen LogP contribution in [0.3, 0.4) is 0 Å². The third kappa shape index (κ3) is 4.25. The van der Waals surface area contributed by atoms with Gasteiger partial charge in [0.1, 0.15) is 5.75 Å². The van der Waals surface area contributed by atoms with E-state index in [9.17, 15) is 4.79 Å². The molecule has 7 heteroatoms. The minimum absolute atomic E-state index is 0.198. The predicted octanol–water partition coefficient (Wildman–Crippen LogP) is 5.50. The average Bonchev–Trinajstić information content (AvgIpc) is 3.31. The molecule has 35 heavy (non-hydrogen) atoms. The Morgan fingerprint density at radius 3 is 2.71 bits per heavy atom. The second-order valence-electron chi connectivity index (χ2n) is 8.72. The van der Waals surface area contributed by atoms with Crippen molar-refractivity contribution in [1.29, 1.82) is 0 Å². The van der Waals surface area contributed by atoms with Gasteiger partial charge in [-0.05, 0) is 78.9 Å². The first-order chi connectivity index (χ1) is 17.0. The van der Waals surface area contributed by atoms with Crippen LogP contribution in [0, 0.1) is 6.92 Å². The van der Waals surface area contributed by atoms with Crippen LogP contribution in [-0.4, -0.2) is 29.3 Å². The average molecular weight is 470 g/mol. The van der Waals surface area contributed by atoms with E-state index in [0.717, 1.165) is 28.0 Å². The molecule has 0 spiro atoms. The van der Waals surface area contributed by atoms with Crippen LogP contribution in [0.1, 0.15) is 43.4 Å². The highest BCUT2D eigenvalue weighted by molar-refractivity contribution is 5.83. The third-order valence-electron chi connectivity index (χ3n) is 5.99. The standard InChI is InChI=1S/C28H27N3O4/c1-5-33-25-12-18(4)22(14-21(25)17(2)3)27-30-23-9-7-6-8-20(23)28(32)31(27)29-15-19-10-11-24-26(13-19)35-16-34-24/h6-15,17H,5,16H2,1-4H3. The molecule has 0 unspecified atom stereocenters. The minimum Gasteiger partial charge on any atom is -0.494 e. The smallest absolute Gasteiger partial charge is 0.282 e. The highest BCUT2D eigenvalue weighted by Gasteiger charge is 2.19. The number of benzene rings is 3. The van der Waals surface area contributed by atoms with Gasteiger partial charge in [-0.1, -0.05) is 26.0 Å². The van der Waals surface area contributed by atoms with Crippen LogP contribution in [-0.2, 0) is 0 Å². The van der Waals surface area contributed by atoms with Gasteiger partial charge in [-0.2, -0.15) is 9.78 Å². The lowest BCUT2D eigenvalue weighted by atomic mass is 9.96. The Morgan fingerprint density at radius 2 is 1.91 bits per heavy atom. The second-order valence-corrected chi connectivity index (χ2v) is 8.72. The third-order valence-corrected chi connectivity index (χ3v) is 5.99. The molecule has 0 radical (unpaired) electrons. The number of nitrogens with zero attached hydrogens (tertiary/aromatic N) is 3. The van der Waals surface area contributed by atoms with Gasteiger partial charge < -0.3 is 14.2 Å². The number of aryl methyl sites for hydroxylation is 1. The van der Waals surface area contributed by atoms with E-state index in [2.05, 4.69) is 25.0 Å². The summed E-state index contributed by atoms with van der Waals surface area (Å²) < 4.78 is 18.1. The summed E-state index contributed by atoms with van der Waals surface area (Å²) in [5.74, 6) is 2.91. The summed E-state index contributed by atoms with van der Waals surface area (Å²) >= 11 is 0. The van der Waals surface area contributed by atoms with Crippen molar-refractivity contribution < 1.29 is 14.2 Å². The minimum atomic E-state index is -0.234. The molecule has 5 rings (SSSR count). The van der Waals surface area contributed by atoms with Crippen molar-refractivity contribution in [2.75, 3.05) is 13.4 Å². The van der Waals surface area contributed by atoms with Crippen LogP contribution in [0.4, 0.5) is 0 Å². The Morgan fingerprint density at radius 1 is 1.11 bits per heavy atom. The first-order valence-electron chi connectivity index (χ1n) is 11.7.